The number of hydrogen-bond donors (Lipinski definition) is 1. The molecule has 114 valence electrons. The van der Waals surface area contributed by atoms with Crippen LogP contribution in [0.15, 0.2) is 5.38 Å². The van der Waals surface area contributed by atoms with Crippen LogP contribution in [-0.2, 0) is 22.4 Å². The second-order valence-corrected chi connectivity index (χ2v) is 6.75. The maximum absolute atomic E-state index is 12.1. The van der Waals surface area contributed by atoms with Gasteiger partial charge in [0.15, 0.2) is 0 Å². The lowest BCUT2D eigenvalue weighted by atomic mass is 10.1. The van der Waals surface area contributed by atoms with Gasteiger partial charge in [0.1, 0.15) is 0 Å². The highest BCUT2D eigenvalue weighted by molar-refractivity contribution is 7.09. The molecule has 21 heavy (non-hydrogen) atoms. The molecule has 1 unspecified atom stereocenters. The molecule has 2 heterocycles. The number of thiazole rings is 1. The molecule has 1 aliphatic heterocycles. The summed E-state index contributed by atoms with van der Waals surface area (Å²) in [6, 6.07) is 0.415. The van der Waals surface area contributed by atoms with E-state index in [4.69, 9.17) is 0 Å². The molecule has 0 aromatic carbocycles. The van der Waals surface area contributed by atoms with Crippen molar-refractivity contribution in [1.82, 2.24) is 15.2 Å². The number of likely N-dealkylation sites (tertiary alicyclic amines) is 1. The number of hydrogen-bond acceptors (Lipinski definition) is 4. The third kappa shape index (κ3) is 3.43. The fourth-order valence-electron chi connectivity index (χ4n) is 2.73. The van der Waals surface area contributed by atoms with E-state index in [1.54, 1.807) is 11.3 Å². The number of aryl methyl sites for hydroxylation is 1. The first-order valence-electron chi connectivity index (χ1n) is 7.67. The van der Waals surface area contributed by atoms with Crippen molar-refractivity contribution in [3.05, 3.63) is 16.1 Å². The van der Waals surface area contributed by atoms with Gasteiger partial charge in [-0.15, -0.1) is 11.3 Å². The Labute approximate surface area is 128 Å². The molecule has 1 saturated heterocycles. The predicted molar refractivity (Wildman–Crippen MR) is 81.0 cm³/mol. The first-order chi connectivity index (χ1) is 10.2. The van der Waals surface area contributed by atoms with Gasteiger partial charge < -0.3 is 10.2 Å². The van der Waals surface area contributed by atoms with Crippen molar-refractivity contribution in [2.24, 2.45) is 5.92 Å². The van der Waals surface area contributed by atoms with E-state index >= 15 is 0 Å². The second-order valence-electron chi connectivity index (χ2n) is 5.81. The number of nitrogens with zero attached hydrogens (tertiary/aromatic N) is 2. The number of carbonyl (C=O) groups is 2. The Morgan fingerprint density at radius 2 is 2.33 bits per heavy atom. The van der Waals surface area contributed by atoms with Crippen LogP contribution in [0.25, 0.3) is 0 Å². The molecule has 1 aliphatic carbocycles. The van der Waals surface area contributed by atoms with Crippen molar-refractivity contribution in [3.8, 4) is 0 Å². The highest BCUT2D eigenvalue weighted by Crippen LogP contribution is 2.32. The van der Waals surface area contributed by atoms with Gasteiger partial charge in [0.05, 0.1) is 16.6 Å². The Morgan fingerprint density at radius 3 is 3.00 bits per heavy atom. The second kappa shape index (κ2) is 6.13. The van der Waals surface area contributed by atoms with Crippen molar-refractivity contribution in [1.29, 1.82) is 0 Å². The van der Waals surface area contributed by atoms with Crippen LogP contribution in [0.2, 0.25) is 0 Å². The van der Waals surface area contributed by atoms with Gasteiger partial charge in [-0.25, -0.2) is 4.98 Å². The molecular formula is C15H21N3O2S. The fraction of sp³-hybridized carbons (Fsp3) is 0.667. The van der Waals surface area contributed by atoms with E-state index in [-0.39, 0.29) is 17.7 Å². The van der Waals surface area contributed by atoms with E-state index in [9.17, 15) is 9.59 Å². The van der Waals surface area contributed by atoms with E-state index in [2.05, 4.69) is 22.6 Å². The van der Waals surface area contributed by atoms with Crippen LogP contribution in [0.3, 0.4) is 0 Å². The third-order valence-electron chi connectivity index (χ3n) is 4.10. The van der Waals surface area contributed by atoms with Gasteiger partial charge in [-0.3, -0.25) is 9.59 Å². The van der Waals surface area contributed by atoms with Crippen LogP contribution < -0.4 is 5.32 Å². The van der Waals surface area contributed by atoms with Crippen LogP contribution in [0.5, 0.6) is 0 Å². The van der Waals surface area contributed by atoms with E-state index < -0.39 is 0 Å². The molecule has 0 radical (unpaired) electrons. The summed E-state index contributed by atoms with van der Waals surface area (Å²) in [5.74, 6) is -0.0121. The SMILES string of the molecule is CCc1nc(CCNC(=O)C2CC(=O)N(C3CC3)C2)cs1. The van der Waals surface area contributed by atoms with Crippen molar-refractivity contribution in [2.75, 3.05) is 13.1 Å². The number of carbonyl (C=O) groups excluding carboxylic acids is 2. The van der Waals surface area contributed by atoms with Crippen molar-refractivity contribution in [2.45, 2.75) is 45.1 Å². The highest BCUT2D eigenvalue weighted by Gasteiger charge is 2.41. The molecule has 2 amide bonds. The van der Waals surface area contributed by atoms with Gasteiger partial charge in [-0.2, -0.15) is 0 Å². The predicted octanol–water partition coefficient (Wildman–Crippen LogP) is 1.38. The van der Waals surface area contributed by atoms with E-state index in [0.29, 0.717) is 25.6 Å². The van der Waals surface area contributed by atoms with E-state index in [1.807, 2.05) is 4.90 Å². The molecular weight excluding hydrogens is 286 g/mol. The summed E-state index contributed by atoms with van der Waals surface area (Å²) in [4.78, 5) is 30.3. The van der Waals surface area contributed by atoms with Crippen LogP contribution in [0, 0.1) is 5.92 Å². The largest absolute Gasteiger partial charge is 0.355 e. The molecule has 1 saturated carbocycles. The average Bonchev–Trinajstić information content (AvgIpc) is 3.08. The minimum Gasteiger partial charge on any atom is -0.355 e. The third-order valence-corrected chi connectivity index (χ3v) is 5.14. The van der Waals surface area contributed by atoms with E-state index in [1.165, 1.54) is 0 Å². The number of aromatic nitrogens is 1. The molecule has 5 nitrogen and oxygen atoms in total. The summed E-state index contributed by atoms with van der Waals surface area (Å²) in [6.07, 6.45) is 4.29. The molecule has 2 aliphatic rings. The Kier molecular flexibility index (Phi) is 4.24. The molecule has 6 heteroatoms. The van der Waals surface area contributed by atoms with Gasteiger partial charge in [0.25, 0.3) is 0 Å². The van der Waals surface area contributed by atoms with Crippen LogP contribution in [0.4, 0.5) is 0 Å². The summed E-state index contributed by atoms with van der Waals surface area (Å²) in [7, 11) is 0. The van der Waals surface area contributed by atoms with Crippen molar-refractivity contribution in [3.63, 3.8) is 0 Å². The Hall–Kier alpha value is -1.43. The lowest BCUT2D eigenvalue weighted by Crippen LogP contribution is -2.34. The maximum Gasteiger partial charge on any atom is 0.225 e. The number of rotatable bonds is 6. The monoisotopic (exact) mass is 307 g/mol. The smallest absolute Gasteiger partial charge is 0.225 e. The summed E-state index contributed by atoms with van der Waals surface area (Å²) < 4.78 is 0. The van der Waals surface area contributed by atoms with Crippen molar-refractivity contribution < 1.29 is 9.59 Å². The van der Waals surface area contributed by atoms with E-state index in [0.717, 1.165) is 36.4 Å². The van der Waals surface area contributed by atoms with Gasteiger partial charge in [0.2, 0.25) is 11.8 Å². The average molecular weight is 307 g/mol. The van der Waals surface area contributed by atoms with Crippen molar-refractivity contribution >= 4 is 23.2 Å². The number of amides is 2. The molecule has 1 N–H and O–H groups in total. The maximum atomic E-state index is 12.1. The zero-order valence-electron chi connectivity index (χ0n) is 12.3. The standard InChI is InChI=1S/C15H21N3O2S/c1-2-13-17-11(9-21-13)5-6-16-15(20)10-7-14(19)18(8-10)12-3-4-12/h9-10,12H,2-8H2,1H3,(H,16,20). The molecule has 1 atom stereocenters. The van der Waals surface area contributed by atoms with Crippen LogP contribution >= 0.6 is 11.3 Å². The summed E-state index contributed by atoms with van der Waals surface area (Å²) in [6.45, 7) is 3.29. The molecule has 1 aromatic rings. The first-order valence-corrected chi connectivity index (χ1v) is 8.55. The quantitative estimate of drug-likeness (QED) is 0.863. The normalized spacial score (nSPS) is 21.9. The Balaban J connectivity index is 1.43. The lowest BCUT2D eigenvalue weighted by molar-refractivity contribution is -0.129. The van der Waals surface area contributed by atoms with Crippen LogP contribution in [-0.4, -0.2) is 40.8 Å². The molecule has 1 aromatic heterocycles. The lowest BCUT2D eigenvalue weighted by Gasteiger charge is -2.15. The summed E-state index contributed by atoms with van der Waals surface area (Å²) in [5.41, 5.74) is 1.04. The topological polar surface area (TPSA) is 62.3 Å². The summed E-state index contributed by atoms with van der Waals surface area (Å²) in [5, 5.41) is 6.14. The Morgan fingerprint density at radius 1 is 1.52 bits per heavy atom. The van der Waals surface area contributed by atoms with Gasteiger partial charge in [-0.05, 0) is 19.3 Å². The molecule has 0 spiro atoms. The first kappa shape index (κ1) is 14.5. The van der Waals surface area contributed by atoms with Crippen LogP contribution in [0.1, 0.15) is 36.9 Å². The summed E-state index contributed by atoms with van der Waals surface area (Å²) >= 11 is 1.67. The minimum absolute atomic E-state index is 0.0115. The zero-order valence-corrected chi connectivity index (χ0v) is 13.1. The fourth-order valence-corrected chi connectivity index (χ4v) is 3.51. The number of nitrogens with one attached hydrogen (secondary N) is 1. The zero-order chi connectivity index (χ0) is 14.8. The van der Waals surface area contributed by atoms with Gasteiger partial charge >= 0.3 is 0 Å². The highest BCUT2D eigenvalue weighted by atomic mass is 32.1. The van der Waals surface area contributed by atoms with Gasteiger partial charge in [0, 0.05) is 37.4 Å². The Bertz CT molecular complexity index is 539. The van der Waals surface area contributed by atoms with Gasteiger partial charge in [-0.1, -0.05) is 6.92 Å². The molecule has 0 bridgehead atoms. The molecule has 3 rings (SSSR count). The molecule has 2 fully saturated rings. The minimum atomic E-state index is -0.167.